The van der Waals surface area contributed by atoms with E-state index in [1.807, 2.05) is 12.1 Å². The van der Waals surface area contributed by atoms with Gasteiger partial charge in [-0.2, -0.15) is 0 Å². The number of carbonyl (C=O) groups excluding carboxylic acids is 1. The van der Waals surface area contributed by atoms with Gasteiger partial charge in [0.15, 0.2) is 0 Å². The number of piperazine rings is 1. The van der Waals surface area contributed by atoms with Gasteiger partial charge in [0.1, 0.15) is 18.6 Å². The average Bonchev–Trinajstić information content (AvgIpc) is 3.00. The van der Waals surface area contributed by atoms with Crippen molar-refractivity contribution in [2.45, 2.75) is 6.54 Å². The fourth-order valence-electron chi connectivity index (χ4n) is 2.40. The van der Waals surface area contributed by atoms with Crippen LogP contribution in [0.2, 0.25) is 0 Å². The first-order valence-corrected chi connectivity index (χ1v) is 6.75. The van der Waals surface area contributed by atoms with Crippen molar-refractivity contribution in [2.75, 3.05) is 31.1 Å². The highest BCUT2D eigenvalue weighted by molar-refractivity contribution is 5.76. The molecule has 0 atom stereocenters. The van der Waals surface area contributed by atoms with Crippen molar-refractivity contribution < 1.29 is 9.90 Å². The lowest BCUT2D eigenvalue weighted by molar-refractivity contribution is -0.132. The molecule has 2 aromatic rings. The Labute approximate surface area is 121 Å². The van der Waals surface area contributed by atoms with Crippen LogP contribution >= 0.6 is 0 Å². The summed E-state index contributed by atoms with van der Waals surface area (Å²) in [7, 11) is 0. The highest BCUT2D eigenvalue weighted by Crippen LogP contribution is 2.21. The second kappa shape index (κ2) is 5.78. The van der Waals surface area contributed by atoms with E-state index in [-0.39, 0.29) is 18.2 Å². The Balaban J connectivity index is 1.56. The molecule has 1 aromatic heterocycles. The lowest BCUT2D eigenvalue weighted by atomic mass is 10.2. The fourth-order valence-corrected chi connectivity index (χ4v) is 2.40. The first-order valence-electron chi connectivity index (χ1n) is 6.75. The quantitative estimate of drug-likeness (QED) is 0.836. The molecule has 0 bridgehead atoms. The second-order valence-electron chi connectivity index (χ2n) is 4.90. The van der Waals surface area contributed by atoms with Crippen molar-refractivity contribution in [3.63, 3.8) is 0 Å². The number of hydrogen-bond acceptors (Lipinski definition) is 6. The molecule has 2 heterocycles. The molecule has 21 heavy (non-hydrogen) atoms. The van der Waals surface area contributed by atoms with E-state index >= 15 is 0 Å². The van der Waals surface area contributed by atoms with E-state index in [4.69, 9.17) is 0 Å². The molecule has 8 nitrogen and oxygen atoms in total. The second-order valence-corrected chi connectivity index (χ2v) is 4.90. The van der Waals surface area contributed by atoms with Crippen LogP contribution < -0.4 is 4.90 Å². The van der Waals surface area contributed by atoms with Gasteiger partial charge in [-0.25, -0.2) is 4.68 Å². The van der Waals surface area contributed by atoms with Crippen molar-refractivity contribution >= 4 is 11.6 Å². The molecule has 3 rings (SSSR count). The summed E-state index contributed by atoms with van der Waals surface area (Å²) in [5.74, 6) is 0.266. The number of aromatic hydroxyl groups is 1. The van der Waals surface area contributed by atoms with Gasteiger partial charge in [-0.05, 0) is 22.6 Å². The lowest BCUT2D eigenvalue weighted by Gasteiger charge is -2.36. The van der Waals surface area contributed by atoms with Crippen molar-refractivity contribution in [2.24, 2.45) is 0 Å². The third-order valence-electron chi connectivity index (χ3n) is 3.52. The number of phenolic OH excluding ortho intramolecular Hbond substituents is 1. The maximum atomic E-state index is 12.1. The van der Waals surface area contributed by atoms with Gasteiger partial charge in [0.05, 0.1) is 0 Å². The van der Waals surface area contributed by atoms with Crippen LogP contribution in [0.1, 0.15) is 0 Å². The maximum Gasteiger partial charge on any atom is 0.244 e. The van der Waals surface area contributed by atoms with E-state index in [2.05, 4.69) is 20.4 Å². The first-order chi connectivity index (χ1) is 10.2. The van der Waals surface area contributed by atoms with Crippen molar-refractivity contribution in [1.29, 1.82) is 0 Å². The predicted octanol–water partition coefficient (Wildman–Crippen LogP) is -0.272. The number of tetrazole rings is 1. The molecule has 8 heteroatoms. The summed E-state index contributed by atoms with van der Waals surface area (Å²) in [5.41, 5.74) is 0.975. The molecule has 0 saturated carbocycles. The Bertz CT molecular complexity index is 607. The first kappa shape index (κ1) is 13.3. The van der Waals surface area contributed by atoms with Crippen LogP contribution in [-0.2, 0) is 11.3 Å². The van der Waals surface area contributed by atoms with Crippen LogP contribution in [-0.4, -0.2) is 62.3 Å². The number of aromatic nitrogens is 4. The molecule has 0 aliphatic carbocycles. The van der Waals surface area contributed by atoms with Crippen molar-refractivity contribution in [1.82, 2.24) is 25.1 Å². The molecule has 0 spiro atoms. The number of amides is 1. The van der Waals surface area contributed by atoms with Crippen LogP contribution in [0.15, 0.2) is 30.6 Å². The minimum atomic E-state index is 0.0119. The summed E-state index contributed by atoms with van der Waals surface area (Å²) in [6.45, 7) is 2.95. The average molecular weight is 288 g/mol. The summed E-state index contributed by atoms with van der Waals surface area (Å²) in [6.07, 6.45) is 1.43. The topological polar surface area (TPSA) is 87.4 Å². The number of benzene rings is 1. The van der Waals surface area contributed by atoms with Crippen LogP contribution in [0.5, 0.6) is 5.75 Å². The van der Waals surface area contributed by atoms with Gasteiger partial charge >= 0.3 is 0 Å². The smallest absolute Gasteiger partial charge is 0.244 e. The largest absolute Gasteiger partial charge is 0.508 e. The van der Waals surface area contributed by atoms with E-state index in [1.54, 1.807) is 17.0 Å². The molecule has 1 aliphatic rings. The molecule has 1 aromatic carbocycles. The van der Waals surface area contributed by atoms with Gasteiger partial charge < -0.3 is 14.9 Å². The number of rotatable bonds is 3. The highest BCUT2D eigenvalue weighted by Gasteiger charge is 2.21. The van der Waals surface area contributed by atoms with Gasteiger partial charge in [0.2, 0.25) is 5.91 Å². The van der Waals surface area contributed by atoms with Gasteiger partial charge in [0.25, 0.3) is 0 Å². The van der Waals surface area contributed by atoms with Gasteiger partial charge in [-0.15, -0.1) is 5.10 Å². The van der Waals surface area contributed by atoms with Crippen LogP contribution in [0.25, 0.3) is 0 Å². The van der Waals surface area contributed by atoms with Gasteiger partial charge in [0, 0.05) is 37.9 Å². The standard InChI is InChI=1S/C13H16N6O2/c20-12-3-1-2-11(8-12)17-4-6-18(7-5-17)13(21)9-19-10-14-15-16-19/h1-3,8,10,20H,4-7,9H2. The zero-order valence-electron chi connectivity index (χ0n) is 11.5. The number of anilines is 1. The van der Waals surface area contributed by atoms with Gasteiger partial charge in [-0.3, -0.25) is 4.79 Å². The Morgan fingerprint density at radius 3 is 2.71 bits per heavy atom. The molecule has 1 N–H and O–H groups in total. The Kier molecular flexibility index (Phi) is 3.67. The van der Waals surface area contributed by atoms with Gasteiger partial charge in [-0.1, -0.05) is 6.07 Å². The molecule has 1 saturated heterocycles. The minimum Gasteiger partial charge on any atom is -0.508 e. The van der Waals surface area contributed by atoms with E-state index in [1.165, 1.54) is 11.0 Å². The zero-order chi connectivity index (χ0) is 14.7. The normalized spacial score (nSPS) is 15.2. The molecule has 110 valence electrons. The van der Waals surface area contributed by atoms with Crippen LogP contribution in [0, 0.1) is 0 Å². The number of carbonyl (C=O) groups is 1. The van der Waals surface area contributed by atoms with E-state index in [0.29, 0.717) is 13.1 Å². The van der Waals surface area contributed by atoms with Crippen LogP contribution in [0.3, 0.4) is 0 Å². The molecular formula is C13H16N6O2. The molecule has 0 radical (unpaired) electrons. The minimum absolute atomic E-state index is 0.0119. The SMILES string of the molecule is O=C(Cn1cnnn1)N1CCN(c2cccc(O)c2)CC1. The number of nitrogens with zero attached hydrogens (tertiary/aromatic N) is 6. The highest BCUT2D eigenvalue weighted by atomic mass is 16.3. The molecule has 1 fully saturated rings. The van der Waals surface area contributed by atoms with Crippen molar-refractivity contribution in [3.05, 3.63) is 30.6 Å². The molecule has 1 amide bonds. The summed E-state index contributed by atoms with van der Waals surface area (Å²) in [5, 5.41) is 20.2. The predicted molar refractivity (Wildman–Crippen MR) is 74.7 cm³/mol. The summed E-state index contributed by atoms with van der Waals surface area (Å²) in [4.78, 5) is 16.1. The number of hydrogen-bond donors (Lipinski definition) is 1. The lowest BCUT2D eigenvalue weighted by Crippen LogP contribution is -2.49. The zero-order valence-corrected chi connectivity index (χ0v) is 11.5. The monoisotopic (exact) mass is 288 g/mol. The van der Waals surface area contributed by atoms with Crippen LogP contribution in [0.4, 0.5) is 5.69 Å². The Morgan fingerprint density at radius 2 is 2.05 bits per heavy atom. The molecule has 1 aliphatic heterocycles. The summed E-state index contributed by atoms with van der Waals surface area (Å²) >= 11 is 0. The fraction of sp³-hybridized carbons (Fsp3) is 0.385. The Morgan fingerprint density at radius 1 is 1.24 bits per heavy atom. The summed E-state index contributed by atoms with van der Waals surface area (Å²) < 4.78 is 1.42. The molecular weight excluding hydrogens is 272 g/mol. The third-order valence-corrected chi connectivity index (χ3v) is 3.52. The van der Waals surface area contributed by atoms with E-state index in [0.717, 1.165) is 18.8 Å². The van der Waals surface area contributed by atoms with E-state index < -0.39 is 0 Å². The summed E-state index contributed by atoms with van der Waals surface area (Å²) in [6, 6.07) is 7.16. The number of phenols is 1. The van der Waals surface area contributed by atoms with E-state index in [9.17, 15) is 9.90 Å². The Hall–Kier alpha value is -2.64. The third kappa shape index (κ3) is 3.10. The van der Waals surface area contributed by atoms with Crippen molar-refractivity contribution in [3.8, 4) is 5.75 Å². The maximum absolute atomic E-state index is 12.1. The molecule has 0 unspecified atom stereocenters.